The second kappa shape index (κ2) is 6.45. The van der Waals surface area contributed by atoms with Gasteiger partial charge in [-0.15, -0.1) is 0 Å². The van der Waals surface area contributed by atoms with Crippen LogP contribution in [0.5, 0.6) is 0 Å². The molecule has 0 radical (unpaired) electrons. The van der Waals surface area contributed by atoms with Gasteiger partial charge >= 0.3 is 0 Å². The fourth-order valence-corrected chi connectivity index (χ4v) is 2.47. The van der Waals surface area contributed by atoms with E-state index in [4.69, 9.17) is 10.2 Å². The molecule has 0 saturated heterocycles. The third kappa shape index (κ3) is 3.22. The first-order valence-corrected chi connectivity index (χ1v) is 7.45. The minimum absolute atomic E-state index is 0.212. The summed E-state index contributed by atoms with van der Waals surface area (Å²) in [5.74, 6) is -0.527. The molecule has 0 unspecified atom stereocenters. The Hall–Kier alpha value is -3.28. The molecule has 1 heterocycles. The topological polar surface area (TPSA) is 97.4 Å². The zero-order valence-corrected chi connectivity index (χ0v) is 13.1. The first kappa shape index (κ1) is 15.6. The van der Waals surface area contributed by atoms with E-state index in [-0.39, 0.29) is 11.8 Å². The maximum absolute atomic E-state index is 12.4. The van der Waals surface area contributed by atoms with Crippen molar-refractivity contribution in [3.8, 4) is 0 Å². The van der Waals surface area contributed by atoms with E-state index >= 15 is 0 Å². The normalized spacial score (nSPS) is 10.5. The van der Waals surface area contributed by atoms with Gasteiger partial charge < -0.3 is 20.8 Å². The average molecular weight is 323 g/mol. The van der Waals surface area contributed by atoms with Crippen LogP contribution in [0.4, 0.5) is 11.4 Å². The van der Waals surface area contributed by atoms with E-state index < -0.39 is 0 Å². The SMILES string of the molecule is CC(=O)Nc1ccc(N)c(C(=O)NCc2coc3ccccc23)c1. The second-order valence-electron chi connectivity index (χ2n) is 5.42. The largest absolute Gasteiger partial charge is 0.464 e. The summed E-state index contributed by atoms with van der Waals surface area (Å²) in [6, 6.07) is 12.4. The van der Waals surface area contributed by atoms with Crippen LogP contribution < -0.4 is 16.4 Å². The highest BCUT2D eigenvalue weighted by molar-refractivity contribution is 6.01. The van der Waals surface area contributed by atoms with Gasteiger partial charge in [-0.05, 0) is 24.3 Å². The van der Waals surface area contributed by atoms with Crippen molar-refractivity contribution in [3.05, 3.63) is 59.9 Å². The quantitative estimate of drug-likeness (QED) is 0.643. The Labute approximate surface area is 138 Å². The first-order chi connectivity index (χ1) is 11.5. The van der Waals surface area contributed by atoms with Crippen LogP contribution in [0.25, 0.3) is 11.0 Å². The molecular weight excluding hydrogens is 306 g/mol. The molecule has 0 spiro atoms. The monoisotopic (exact) mass is 323 g/mol. The van der Waals surface area contributed by atoms with Crippen molar-refractivity contribution in [3.63, 3.8) is 0 Å². The van der Waals surface area contributed by atoms with Crippen LogP contribution in [-0.2, 0) is 11.3 Å². The van der Waals surface area contributed by atoms with Crippen LogP contribution in [0.2, 0.25) is 0 Å². The molecule has 122 valence electrons. The van der Waals surface area contributed by atoms with Gasteiger partial charge in [-0.25, -0.2) is 0 Å². The van der Waals surface area contributed by atoms with Gasteiger partial charge in [0.1, 0.15) is 5.58 Å². The van der Waals surface area contributed by atoms with Gasteiger partial charge in [0.2, 0.25) is 5.91 Å². The minimum Gasteiger partial charge on any atom is -0.464 e. The lowest BCUT2D eigenvalue weighted by atomic mass is 10.1. The van der Waals surface area contributed by atoms with Gasteiger partial charge in [0, 0.05) is 35.8 Å². The lowest BCUT2D eigenvalue weighted by molar-refractivity contribution is -0.114. The number of nitrogens with one attached hydrogen (secondary N) is 2. The standard InChI is InChI=1S/C18H17N3O3/c1-11(22)21-13-6-7-16(19)15(8-13)18(23)20-9-12-10-24-17-5-3-2-4-14(12)17/h2-8,10H,9,19H2,1H3,(H,20,23)(H,21,22). The maximum Gasteiger partial charge on any atom is 0.253 e. The molecular formula is C18H17N3O3. The van der Waals surface area contributed by atoms with E-state index in [0.29, 0.717) is 23.5 Å². The number of carbonyl (C=O) groups is 2. The summed E-state index contributed by atoms with van der Waals surface area (Å²) >= 11 is 0. The molecule has 0 saturated carbocycles. The van der Waals surface area contributed by atoms with E-state index in [9.17, 15) is 9.59 Å². The Bertz CT molecular complexity index is 915. The summed E-state index contributed by atoms with van der Waals surface area (Å²) in [7, 11) is 0. The maximum atomic E-state index is 12.4. The zero-order chi connectivity index (χ0) is 17.1. The van der Waals surface area contributed by atoms with E-state index in [1.54, 1.807) is 24.5 Å². The van der Waals surface area contributed by atoms with Crippen LogP contribution in [0.3, 0.4) is 0 Å². The van der Waals surface area contributed by atoms with Gasteiger partial charge in [0.15, 0.2) is 0 Å². The van der Waals surface area contributed by atoms with Crippen molar-refractivity contribution < 1.29 is 14.0 Å². The lowest BCUT2D eigenvalue weighted by Crippen LogP contribution is -2.24. The first-order valence-electron chi connectivity index (χ1n) is 7.45. The molecule has 2 amide bonds. The number of hydrogen-bond donors (Lipinski definition) is 3. The van der Waals surface area contributed by atoms with Crippen molar-refractivity contribution in [1.82, 2.24) is 5.32 Å². The van der Waals surface area contributed by atoms with Gasteiger partial charge in [0.25, 0.3) is 5.91 Å². The predicted octanol–water partition coefficient (Wildman–Crippen LogP) is 2.90. The van der Waals surface area contributed by atoms with Crippen molar-refractivity contribution in [1.29, 1.82) is 0 Å². The molecule has 2 aromatic carbocycles. The third-order valence-corrected chi connectivity index (χ3v) is 3.62. The number of nitrogens with two attached hydrogens (primary N) is 1. The Kier molecular flexibility index (Phi) is 4.20. The number of carbonyl (C=O) groups excluding carboxylic acids is 2. The fraction of sp³-hybridized carbons (Fsp3) is 0.111. The predicted molar refractivity (Wildman–Crippen MR) is 92.5 cm³/mol. The van der Waals surface area contributed by atoms with E-state index in [1.165, 1.54) is 6.92 Å². The average Bonchev–Trinajstić information content (AvgIpc) is 2.97. The van der Waals surface area contributed by atoms with Crippen LogP contribution in [0.15, 0.2) is 53.1 Å². The summed E-state index contributed by atoms with van der Waals surface area (Å²) in [4.78, 5) is 23.5. The van der Waals surface area contributed by atoms with Crippen LogP contribution in [0, 0.1) is 0 Å². The summed E-state index contributed by atoms with van der Waals surface area (Å²) < 4.78 is 5.45. The molecule has 3 rings (SSSR count). The molecule has 0 aliphatic carbocycles. The molecule has 0 atom stereocenters. The highest BCUT2D eigenvalue weighted by Gasteiger charge is 2.12. The summed E-state index contributed by atoms with van der Waals surface area (Å²) in [5.41, 5.74) is 8.71. The van der Waals surface area contributed by atoms with Crippen molar-refractivity contribution >= 4 is 34.2 Å². The van der Waals surface area contributed by atoms with Gasteiger partial charge in [0.05, 0.1) is 11.8 Å². The van der Waals surface area contributed by atoms with Crippen LogP contribution >= 0.6 is 0 Å². The molecule has 6 heteroatoms. The molecule has 0 bridgehead atoms. The number of amides is 2. The second-order valence-corrected chi connectivity index (χ2v) is 5.42. The number of fused-ring (bicyclic) bond motifs is 1. The Morgan fingerprint density at radius 1 is 1.17 bits per heavy atom. The summed E-state index contributed by atoms with van der Waals surface area (Å²) in [6.45, 7) is 1.72. The number of para-hydroxylation sites is 1. The van der Waals surface area contributed by atoms with Crippen molar-refractivity contribution in [2.24, 2.45) is 0 Å². The van der Waals surface area contributed by atoms with Gasteiger partial charge in [-0.2, -0.15) is 0 Å². The molecule has 0 aliphatic heterocycles. The smallest absolute Gasteiger partial charge is 0.253 e. The molecule has 1 aromatic heterocycles. The Morgan fingerprint density at radius 2 is 1.96 bits per heavy atom. The zero-order valence-electron chi connectivity index (χ0n) is 13.1. The van der Waals surface area contributed by atoms with E-state index in [0.717, 1.165) is 16.5 Å². The highest BCUT2D eigenvalue weighted by Crippen LogP contribution is 2.21. The van der Waals surface area contributed by atoms with Crippen molar-refractivity contribution in [2.75, 3.05) is 11.1 Å². The van der Waals surface area contributed by atoms with Crippen molar-refractivity contribution in [2.45, 2.75) is 13.5 Å². The minimum atomic E-state index is -0.315. The highest BCUT2D eigenvalue weighted by atomic mass is 16.3. The molecule has 4 N–H and O–H groups in total. The molecule has 3 aromatic rings. The fourth-order valence-electron chi connectivity index (χ4n) is 2.47. The van der Waals surface area contributed by atoms with E-state index in [1.807, 2.05) is 24.3 Å². The molecule has 0 aliphatic rings. The summed E-state index contributed by atoms with van der Waals surface area (Å²) in [6.07, 6.45) is 1.63. The van der Waals surface area contributed by atoms with E-state index in [2.05, 4.69) is 10.6 Å². The molecule has 6 nitrogen and oxygen atoms in total. The number of nitrogen functional groups attached to an aromatic ring is 1. The lowest BCUT2D eigenvalue weighted by Gasteiger charge is -2.09. The van der Waals surface area contributed by atoms with Gasteiger partial charge in [-0.1, -0.05) is 18.2 Å². The number of benzene rings is 2. The van der Waals surface area contributed by atoms with Crippen LogP contribution in [-0.4, -0.2) is 11.8 Å². The Morgan fingerprint density at radius 3 is 2.75 bits per heavy atom. The molecule has 0 fully saturated rings. The third-order valence-electron chi connectivity index (χ3n) is 3.62. The molecule has 24 heavy (non-hydrogen) atoms. The van der Waals surface area contributed by atoms with Crippen LogP contribution in [0.1, 0.15) is 22.8 Å². The number of anilines is 2. The summed E-state index contributed by atoms with van der Waals surface area (Å²) in [5, 5.41) is 6.41. The number of furan rings is 1. The Balaban J connectivity index is 1.76. The number of hydrogen-bond acceptors (Lipinski definition) is 4. The van der Waals surface area contributed by atoms with Gasteiger partial charge in [-0.3, -0.25) is 9.59 Å². The number of rotatable bonds is 4.